The molecule has 0 atom stereocenters. The van der Waals surface area contributed by atoms with Crippen molar-refractivity contribution >= 4 is 23.6 Å². The largest absolute Gasteiger partial charge is 0.493 e. The van der Waals surface area contributed by atoms with Crippen molar-refractivity contribution in [3.63, 3.8) is 0 Å². The summed E-state index contributed by atoms with van der Waals surface area (Å²) in [5.74, 6) is 0.0910. The maximum atomic E-state index is 11.7. The van der Waals surface area contributed by atoms with Crippen molar-refractivity contribution in [2.45, 2.75) is 20.0 Å². The molecule has 6 heteroatoms. The van der Waals surface area contributed by atoms with Crippen molar-refractivity contribution in [2.24, 2.45) is 0 Å². The van der Waals surface area contributed by atoms with Gasteiger partial charge in [0.05, 0.1) is 18.2 Å². The van der Waals surface area contributed by atoms with E-state index in [4.69, 9.17) is 31.1 Å². The molecule has 0 fully saturated rings. The summed E-state index contributed by atoms with van der Waals surface area (Å²) in [6.07, 6.45) is 2.72. The highest BCUT2D eigenvalue weighted by atomic mass is 35.5. The summed E-state index contributed by atoms with van der Waals surface area (Å²) in [6, 6.07) is 5.01. The first kappa shape index (κ1) is 18.6. The first-order valence-electron chi connectivity index (χ1n) is 6.86. The fourth-order valence-electron chi connectivity index (χ4n) is 1.69. The van der Waals surface area contributed by atoms with Gasteiger partial charge in [-0.1, -0.05) is 24.3 Å². The molecule has 0 aromatic heterocycles. The van der Waals surface area contributed by atoms with Crippen molar-refractivity contribution in [1.29, 1.82) is 5.26 Å². The Morgan fingerprint density at radius 2 is 2.17 bits per heavy atom. The number of hydrogen-bond donors (Lipinski definition) is 0. The first-order chi connectivity index (χ1) is 10.9. The minimum atomic E-state index is -0.731. The number of nitriles is 1. The SMILES string of the molecule is C=CCOC(=O)/C(C#N)=C/c1cc(Cl)c(OC(C)C)c(OC)c1. The molecule has 0 aliphatic rings. The molecule has 1 aromatic rings. The van der Waals surface area contributed by atoms with Crippen LogP contribution in [0, 0.1) is 11.3 Å². The van der Waals surface area contributed by atoms with Crippen LogP contribution >= 0.6 is 11.6 Å². The molecule has 0 spiro atoms. The number of rotatable bonds is 7. The molecule has 0 unspecified atom stereocenters. The molecular formula is C17H18ClNO4. The lowest BCUT2D eigenvalue weighted by Gasteiger charge is -2.15. The smallest absolute Gasteiger partial charge is 0.349 e. The molecule has 5 nitrogen and oxygen atoms in total. The maximum Gasteiger partial charge on any atom is 0.349 e. The summed E-state index contributed by atoms with van der Waals surface area (Å²) in [4.78, 5) is 11.7. The molecule has 0 radical (unpaired) electrons. The minimum Gasteiger partial charge on any atom is -0.493 e. The number of nitrogens with zero attached hydrogens (tertiary/aromatic N) is 1. The second-order valence-corrected chi connectivity index (χ2v) is 5.16. The van der Waals surface area contributed by atoms with Gasteiger partial charge in [-0.2, -0.15) is 5.26 Å². The predicted molar refractivity (Wildman–Crippen MR) is 88.5 cm³/mol. The summed E-state index contributed by atoms with van der Waals surface area (Å²) >= 11 is 6.20. The van der Waals surface area contributed by atoms with Crippen molar-refractivity contribution in [1.82, 2.24) is 0 Å². The second-order valence-electron chi connectivity index (χ2n) is 4.76. The molecule has 23 heavy (non-hydrogen) atoms. The Balaban J connectivity index is 3.20. The van der Waals surface area contributed by atoms with Gasteiger partial charge in [-0.3, -0.25) is 0 Å². The van der Waals surface area contributed by atoms with Crippen LogP contribution in [0.1, 0.15) is 19.4 Å². The van der Waals surface area contributed by atoms with E-state index in [1.807, 2.05) is 13.8 Å². The summed E-state index contributed by atoms with van der Waals surface area (Å²) in [6.45, 7) is 7.21. The lowest BCUT2D eigenvalue weighted by molar-refractivity contribution is -0.137. The number of carbonyl (C=O) groups is 1. The zero-order chi connectivity index (χ0) is 17.4. The van der Waals surface area contributed by atoms with Gasteiger partial charge in [-0.15, -0.1) is 0 Å². The lowest BCUT2D eigenvalue weighted by atomic mass is 10.1. The van der Waals surface area contributed by atoms with E-state index >= 15 is 0 Å². The predicted octanol–water partition coefficient (Wildman–Crippen LogP) is 3.77. The van der Waals surface area contributed by atoms with Crippen LogP contribution in [-0.2, 0) is 9.53 Å². The Kier molecular flexibility index (Phi) is 7.17. The Morgan fingerprint density at radius 1 is 1.48 bits per heavy atom. The van der Waals surface area contributed by atoms with E-state index in [0.717, 1.165) is 0 Å². The normalized spacial score (nSPS) is 10.9. The molecule has 0 heterocycles. The van der Waals surface area contributed by atoms with E-state index in [2.05, 4.69) is 6.58 Å². The summed E-state index contributed by atoms with van der Waals surface area (Å²) in [5.41, 5.74) is 0.373. The van der Waals surface area contributed by atoms with Crippen LogP contribution in [0.4, 0.5) is 0 Å². The topological polar surface area (TPSA) is 68.6 Å². The van der Waals surface area contributed by atoms with E-state index in [1.54, 1.807) is 18.2 Å². The van der Waals surface area contributed by atoms with Crippen LogP contribution in [0.3, 0.4) is 0 Å². The van der Waals surface area contributed by atoms with Gasteiger partial charge in [-0.05, 0) is 37.6 Å². The number of ether oxygens (including phenoxy) is 3. The third-order valence-corrected chi connectivity index (χ3v) is 2.87. The molecular weight excluding hydrogens is 318 g/mol. The third kappa shape index (κ3) is 5.35. The molecule has 1 aromatic carbocycles. The molecule has 122 valence electrons. The highest BCUT2D eigenvalue weighted by molar-refractivity contribution is 6.32. The molecule has 0 saturated heterocycles. The van der Waals surface area contributed by atoms with Crippen molar-refractivity contribution in [3.8, 4) is 17.6 Å². The Morgan fingerprint density at radius 3 is 2.70 bits per heavy atom. The minimum absolute atomic E-state index is 0.0309. The van der Waals surface area contributed by atoms with Crippen LogP contribution in [0.15, 0.2) is 30.4 Å². The van der Waals surface area contributed by atoms with E-state index in [9.17, 15) is 4.79 Å². The fraction of sp³-hybridized carbons (Fsp3) is 0.294. The monoisotopic (exact) mass is 335 g/mol. The first-order valence-corrected chi connectivity index (χ1v) is 7.24. The molecule has 0 aliphatic heterocycles. The standard InChI is InChI=1S/C17H18ClNO4/c1-5-6-22-17(20)13(10-19)7-12-8-14(18)16(23-11(2)3)15(9-12)21-4/h5,7-9,11H,1,6H2,2-4H3/b13-7+. The summed E-state index contributed by atoms with van der Waals surface area (Å²) in [5, 5.41) is 9.41. The van der Waals surface area contributed by atoms with Gasteiger partial charge in [0.25, 0.3) is 0 Å². The number of carbonyl (C=O) groups excluding carboxylic acids is 1. The Bertz CT molecular complexity index is 659. The van der Waals surface area contributed by atoms with Crippen LogP contribution in [0.5, 0.6) is 11.5 Å². The molecule has 0 bridgehead atoms. The highest BCUT2D eigenvalue weighted by Gasteiger charge is 2.15. The average Bonchev–Trinajstić information content (AvgIpc) is 2.51. The molecule has 1 rings (SSSR count). The number of benzene rings is 1. The molecule has 0 aliphatic carbocycles. The van der Waals surface area contributed by atoms with Crippen molar-refractivity contribution in [2.75, 3.05) is 13.7 Å². The lowest BCUT2D eigenvalue weighted by Crippen LogP contribution is -2.08. The van der Waals surface area contributed by atoms with E-state index in [1.165, 1.54) is 19.3 Å². The number of halogens is 1. The maximum absolute atomic E-state index is 11.7. The molecule has 0 saturated carbocycles. The number of methoxy groups -OCH3 is 1. The van der Waals surface area contributed by atoms with Gasteiger partial charge in [0.15, 0.2) is 11.5 Å². The van der Waals surface area contributed by atoms with E-state index in [0.29, 0.717) is 22.1 Å². The van der Waals surface area contributed by atoms with Crippen LogP contribution in [0.25, 0.3) is 6.08 Å². The fourth-order valence-corrected chi connectivity index (χ4v) is 1.95. The van der Waals surface area contributed by atoms with Gasteiger partial charge in [0, 0.05) is 0 Å². The highest BCUT2D eigenvalue weighted by Crippen LogP contribution is 2.37. The van der Waals surface area contributed by atoms with Gasteiger partial charge in [-0.25, -0.2) is 4.79 Å². The summed E-state index contributed by atoms with van der Waals surface area (Å²) in [7, 11) is 1.48. The Hall–Kier alpha value is -2.45. The molecule has 0 N–H and O–H groups in total. The van der Waals surface area contributed by atoms with Gasteiger partial charge >= 0.3 is 5.97 Å². The molecule has 0 amide bonds. The van der Waals surface area contributed by atoms with Gasteiger partial charge in [0.2, 0.25) is 0 Å². The zero-order valence-electron chi connectivity index (χ0n) is 13.3. The Labute approximate surface area is 140 Å². The van der Waals surface area contributed by atoms with E-state index < -0.39 is 5.97 Å². The van der Waals surface area contributed by atoms with Crippen LogP contribution in [-0.4, -0.2) is 25.8 Å². The number of esters is 1. The second kappa shape index (κ2) is 8.86. The summed E-state index contributed by atoms with van der Waals surface area (Å²) < 4.78 is 15.7. The third-order valence-electron chi connectivity index (χ3n) is 2.59. The van der Waals surface area contributed by atoms with Gasteiger partial charge in [0.1, 0.15) is 18.2 Å². The quantitative estimate of drug-likeness (QED) is 0.328. The van der Waals surface area contributed by atoms with Crippen molar-refractivity contribution in [3.05, 3.63) is 40.9 Å². The average molecular weight is 336 g/mol. The van der Waals surface area contributed by atoms with Gasteiger partial charge < -0.3 is 14.2 Å². The zero-order valence-corrected chi connectivity index (χ0v) is 14.0. The van der Waals surface area contributed by atoms with Crippen LogP contribution < -0.4 is 9.47 Å². The van der Waals surface area contributed by atoms with Crippen molar-refractivity contribution < 1.29 is 19.0 Å². The van der Waals surface area contributed by atoms with E-state index in [-0.39, 0.29) is 18.3 Å². The van der Waals surface area contributed by atoms with Crippen LogP contribution in [0.2, 0.25) is 5.02 Å². The number of hydrogen-bond acceptors (Lipinski definition) is 5.